The number of hydrogen-bond acceptors (Lipinski definition) is 1. The highest BCUT2D eigenvalue weighted by molar-refractivity contribution is 5.16. The van der Waals surface area contributed by atoms with E-state index >= 15 is 0 Å². The molecule has 2 nitrogen and oxygen atoms in total. The van der Waals surface area contributed by atoms with Crippen LogP contribution < -0.4 is 0 Å². The van der Waals surface area contributed by atoms with Gasteiger partial charge in [-0.15, -0.1) is 0 Å². The van der Waals surface area contributed by atoms with Crippen molar-refractivity contribution >= 4 is 0 Å². The highest BCUT2D eigenvalue weighted by Crippen LogP contribution is 2.32. The maximum Gasteiger partial charge on any atom is 0.0609 e. The van der Waals surface area contributed by atoms with E-state index in [1.807, 2.05) is 12.4 Å². The van der Waals surface area contributed by atoms with E-state index in [9.17, 15) is 5.11 Å². The van der Waals surface area contributed by atoms with Crippen LogP contribution in [0.1, 0.15) is 37.2 Å². The second kappa shape index (κ2) is 3.31. The third-order valence-electron chi connectivity index (χ3n) is 2.78. The van der Waals surface area contributed by atoms with Gasteiger partial charge in [0.2, 0.25) is 0 Å². The van der Waals surface area contributed by atoms with Crippen molar-refractivity contribution in [1.29, 1.82) is 0 Å². The van der Waals surface area contributed by atoms with Crippen molar-refractivity contribution in [2.45, 2.75) is 37.7 Å². The highest BCUT2D eigenvalue weighted by Gasteiger charge is 2.24. The van der Waals surface area contributed by atoms with Crippen molar-refractivity contribution in [3.8, 4) is 0 Å². The van der Waals surface area contributed by atoms with Gasteiger partial charge in [-0.2, -0.15) is 0 Å². The zero-order chi connectivity index (χ0) is 8.39. The smallest absolute Gasteiger partial charge is 0.0609 e. The lowest BCUT2D eigenvalue weighted by Gasteiger charge is -2.26. The van der Waals surface area contributed by atoms with Crippen molar-refractivity contribution < 1.29 is 5.11 Å². The van der Waals surface area contributed by atoms with E-state index < -0.39 is 0 Å². The Morgan fingerprint density at radius 3 is 2.83 bits per heavy atom. The van der Waals surface area contributed by atoms with E-state index in [0.717, 1.165) is 12.8 Å². The Labute approximate surface area is 72.6 Å². The fourth-order valence-corrected chi connectivity index (χ4v) is 2.07. The largest absolute Gasteiger partial charge is 0.392 e. The predicted octanol–water partition coefficient (Wildman–Crippen LogP) is 2.03. The number of nitrogens with one attached hydrogen (secondary N) is 1. The molecule has 2 rings (SSSR count). The van der Waals surface area contributed by atoms with Gasteiger partial charge in [0.05, 0.1) is 6.10 Å². The standard InChI is InChI=1S/C10H15NO/c12-10-4-2-1-3-9(10)8-5-6-11-7-8/h5-7,9-12H,1-4H2. The fraction of sp³-hybridized carbons (Fsp3) is 0.600. The van der Waals surface area contributed by atoms with Crippen LogP contribution in [0.4, 0.5) is 0 Å². The van der Waals surface area contributed by atoms with Crippen molar-refractivity contribution in [2.75, 3.05) is 0 Å². The molecule has 66 valence electrons. The van der Waals surface area contributed by atoms with Gasteiger partial charge in [-0.05, 0) is 24.5 Å². The fourth-order valence-electron chi connectivity index (χ4n) is 2.07. The van der Waals surface area contributed by atoms with E-state index in [-0.39, 0.29) is 6.10 Å². The summed E-state index contributed by atoms with van der Waals surface area (Å²) in [6.45, 7) is 0. The van der Waals surface area contributed by atoms with Crippen molar-refractivity contribution in [3.63, 3.8) is 0 Å². The third-order valence-corrected chi connectivity index (χ3v) is 2.78. The molecule has 0 bridgehead atoms. The van der Waals surface area contributed by atoms with Gasteiger partial charge in [0.15, 0.2) is 0 Å². The summed E-state index contributed by atoms with van der Waals surface area (Å²) in [4.78, 5) is 3.04. The van der Waals surface area contributed by atoms with Crippen LogP contribution >= 0.6 is 0 Å². The molecular weight excluding hydrogens is 150 g/mol. The maximum absolute atomic E-state index is 9.73. The molecule has 0 radical (unpaired) electrons. The average molecular weight is 165 g/mol. The Bertz CT molecular complexity index is 230. The Morgan fingerprint density at radius 1 is 1.33 bits per heavy atom. The number of aromatic amines is 1. The van der Waals surface area contributed by atoms with Gasteiger partial charge in [0, 0.05) is 18.3 Å². The van der Waals surface area contributed by atoms with Crippen LogP contribution in [0.3, 0.4) is 0 Å². The monoisotopic (exact) mass is 165 g/mol. The Hall–Kier alpha value is -0.760. The zero-order valence-electron chi connectivity index (χ0n) is 7.16. The average Bonchev–Trinajstić information content (AvgIpc) is 2.57. The third kappa shape index (κ3) is 1.39. The number of aliphatic hydroxyl groups is 1. The number of hydrogen-bond donors (Lipinski definition) is 2. The quantitative estimate of drug-likeness (QED) is 0.656. The van der Waals surface area contributed by atoms with Gasteiger partial charge >= 0.3 is 0 Å². The number of aliphatic hydroxyl groups excluding tert-OH is 1. The molecule has 0 spiro atoms. The minimum Gasteiger partial charge on any atom is -0.392 e. The summed E-state index contributed by atoms with van der Waals surface area (Å²) >= 11 is 0. The van der Waals surface area contributed by atoms with Crippen LogP contribution in [0, 0.1) is 0 Å². The molecule has 12 heavy (non-hydrogen) atoms. The molecule has 0 aromatic carbocycles. The van der Waals surface area contributed by atoms with E-state index in [1.165, 1.54) is 18.4 Å². The molecule has 0 saturated heterocycles. The van der Waals surface area contributed by atoms with E-state index in [2.05, 4.69) is 11.1 Å². The molecule has 1 heterocycles. The number of rotatable bonds is 1. The maximum atomic E-state index is 9.73. The normalized spacial score (nSPS) is 30.4. The first kappa shape index (κ1) is 7.87. The van der Waals surface area contributed by atoms with Crippen molar-refractivity contribution in [2.24, 2.45) is 0 Å². The van der Waals surface area contributed by atoms with Gasteiger partial charge in [-0.1, -0.05) is 12.8 Å². The van der Waals surface area contributed by atoms with E-state index in [4.69, 9.17) is 0 Å². The second-order valence-electron chi connectivity index (χ2n) is 3.60. The van der Waals surface area contributed by atoms with Crippen molar-refractivity contribution in [3.05, 3.63) is 24.0 Å². The van der Waals surface area contributed by atoms with Crippen LogP contribution in [-0.2, 0) is 0 Å². The summed E-state index contributed by atoms with van der Waals surface area (Å²) in [5.41, 5.74) is 1.27. The Morgan fingerprint density at radius 2 is 2.17 bits per heavy atom. The molecule has 2 unspecified atom stereocenters. The molecule has 2 atom stereocenters. The first-order valence-corrected chi connectivity index (χ1v) is 4.68. The summed E-state index contributed by atoms with van der Waals surface area (Å²) in [6, 6.07) is 2.07. The minimum atomic E-state index is -0.116. The Balaban J connectivity index is 2.11. The van der Waals surface area contributed by atoms with E-state index in [1.54, 1.807) is 0 Å². The van der Waals surface area contributed by atoms with Crippen molar-refractivity contribution in [1.82, 2.24) is 4.98 Å². The van der Waals surface area contributed by atoms with Gasteiger partial charge in [0.1, 0.15) is 0 Å². The number of H-pyrrole nitrogens is 1. The molecule has 1 saturated carbocycles. The summed E-state index contributed by atoms with van der Waals surface area (Å²) in [5, 5.41) is 9.73. The van der Waals surface area contributed by atoms with E-state index in [0.29, 0.717) is 5.92 Å². The first-order valence-electron chi connectivity index (χ1n) is 4.68. The lowest BCUT2D eigenvalue weighted by Crippen LogP contribution is -2.21. The van der Waals surface area contributed by atoms with Crippen LogP contribution in [-0.4, -0.2) is 16.2 Å². The molecule has 1 aromatic rings. The lowest BCUT2D eigenvalue weighted by atomic mass is 9.83. The van der Waals surface area contributed by atoms with Crippen LogP contribution in [0.2, 0.25) is 0 Å². The number of aromatic nitrogens is 1. The highest BCUT2D eigenvalue weighted by atomic mass is 16.3. The molecule has 1 aliphatic rings. The molecule has 0 aliphatic heterocycles. The van der Waals surface area contributed by atoms with Crippen LogP contribution in [0.25, 0.3) is 0 Å². The molecular formula is C10H15NO. The SMILES string of the molecule is OC1CCCCC1c1cc[nH]c1. The molecule has 1 aliphatic carbocycles. The molecule has 0 amide bonds. The lowest BCUT2D eigenvalue weighted by molar-refractivity contribution is 0.106. The minimum absolute atomic E-state index is 0.116. The topological polar surface area (TPSA) is 36.0 Å². The molecule has 2 N–H and O–H groups in total. The molecule has 1 aromatic heterocycles. The summed E-state index contributed by atoms with van der Waals surface area (Å²) in [5.74, 6) is 0.380. The van der Waals surface area contributed by atoms with Gasteiger partial charge < -0.3 is 10.1 Å². The summed E-state index contributed by atoms with van der Waals surface area (Å²) in [7, 11) is 0. The van der Waals surface area contributed by atoms with Gasteiger partial charge in [-0.25, -0.2) is 0 Å². The van der Waals surface area contributed by atoms with Crippen LogP contribution in [0.15, 0.2) is 18.5 Å². The molecule has 2 heteroatoms. The zero-order valence-corrected chi connectivity index (χ0v) is 7.16. The van der Waals surface area contributed by atoms with Gasteiger partial charge in [-0.3, -0.25) is 0 Å². The summed E-state index contributed by atoms with van der Waals surface area (Å²) in [6.07, 6.45) is 8.36. The van der Waals surface area contributed by atoms with Gasteiger partial charge in [0.25, 0.3) is 0 Å². The Kier molecular flexibility index (Phi) is 2.17. The second-order valence-corrected chi connectivity index (χ2v) is 3.60. The van der Waals surface area contributed by atoms with Crippen LogP contribution in [0.5, 0.6) is 0 Å². The summed E-state index contributed by atoms with van der Waals surface area (Å²) < 4.78 is 0. The molecule has 1 fully saturated rings. The predicted molar refractivity (Wildman–Crippen MR) is 48.0 cm³/mol. The first-order chi connectivity index (χ1) is 5.88.